The lowest BCUT2D eigenvalue weighted by molar-refractivity contribution is 0.467. The minimum Gasteiger partial charge on any atom is -0.0879 e. The largest absolute Gasteiger partial charge is 0.0879 e. The van der Waals surface area contributed by atoms with Gasteiger partial charge in [0.15, 0.2) is 0 Å². The van der Waals surface area contributed by atoms with Gasteiger partial charge >= 0.3 is 0 Å². The molecule has 0 aliphatic heterocycles. The molecule has 3 aliphatic carbocycles. The van der Waals surface area contributed by atoms with Crippen LogP contribution in [0.1, 0.15) is 25.7 Å². The van der Waals surface area contributed by atoms with Gasteiger partial charge in [-0.2, -0.15) is 0 Å². The lowest BCUT2D eigenvalue weighted by Crippen LogP contribution is -2.22. The van der Waals surface area contributed by atoms with E-state index in [1.54, 1.807) is 11.1 Å². The summed E-state index contributed by atoms with van der Waals surface area (Å²) in [4.78, 5) is 0. The maximum Gasteiger partial charge on any atom is 0.00945 e. The Morgan fingerprint density at radius 3 is 3.07 bits per heavy atom. The van der Waals surface area contributed by atoms with Crippen molar-refractivity contribution in [3.05, 3.63) is 46.0 Å². The molecule has 0 fully saturated rings. The second-order valence-electron chi connectivity index (χ2n) is 4.59. The highest BCUT2D eigenvalue weighted by atomic mass is 79.9. The third-order valence-corrected chi connectivity index (χ3v) is 4.51. The molecular formula is C14H15Br. The highest BCUT2D eigenvalue weighted by Gasteiger charge is 2.31. The van der Waals surface area contributed by atoms with Crippen molar-refractivity contribution in [2.75, 3.05) is 0 Å². The lowest BCUT2D eigenvalue weighted by atomic mass is 9.72. The zero-order valence-corrected chi connectivity index (χ0v) is 10.3. The Balaban J connectivity index is 2.07. The lowest BCUT2D eigenvalue weighted by Gasteiger charge is -2.34. The predicted octanol–water partition coefficient (Wildman–Crippen LogP) is 4.51. The number of hydrogen-bond acceptors (Lipinski definition) is 0. The predicted molar refractivity (Wildman–Crippen MR) is 67.8 cm³/mol. The molecule has 0 spiro atoms. The van der Waals surface area contributed by atoms with Gasteiger partial charge in [0.2, 0.25) is 0 Å². The summed E-state index contributed by atoms with van der Waals surface area (Å²) in [5.41, 5.74) is 3.13. The van der Waals surface area contributed by atoms with Gasteiger partial charge in [0.1, 0.15) is 0 Å². The minimum absolute atomic E-state index is 0.643. The van der Waals surface area contributed by atoms with Crippen LogP contribution in [0, 0.1) is 11.8 Å². The molecule has 3 aliphatic rings. The van der Waals surface area contributed by atoms with Gasteiger partial charge in [0, 0.05) is 11.8 Å². The van der Waals surface area contributed by atoms with Gasteiger partial charge in [-0.3, -0.25) is 0 Å². The summed E-state index contributed by atoms with van der Waals surface area (Å²) in [5.74, 6) is 1.35. The first-order valence-electron chi connectivity index (χ1n) is 5.79. The van der Waals surface area contributed by atoms with Gasteiger partial charge in [0.25, 0.3) is 0 Å². The molecule has 0 N–H and O–H groups in total. The number of halogens is 1. The van der Waals surface area contributed by atoms with Crippen LogP contribution in [0.3, 0.4) is 0 Å². The zero-order valence-electron chi connectivity index (χ0n) is 8.75. The molecule has 0 aromatic heterocycles. The van der Waals surface area contributed by atoms with E-state index < -0.39 is 0 Å². The molecule has 0 heterocycles. The Morgan fingerprint density at radius 2 is 2.13 bits per heavy atom. The van der Waals surface area contributed by atoms with Crippen LogP contribution in [0.25, 0.3) is 0 Å². The van der Waals surface area contributed by atoms with E-state index in [9.17, 15) is 0 Å². The molecule has 3 rings (SSSR count). The Kier molecular flexibility index (Phi) is 2.44. The van der Waals surface area contributed by atoms with Crippen molar-refractivity contribution in [1.82, 2.24) is 0 Å². The summed E-state index contributed by atoms with van der Waals surface area (Å²) in [6.45, 7) is 0. The fourth-order valence-corrected chi connectivity index (χ4v) is 3.71. The van der Waals surface area contributed by atoms with Crippen molar-refractivity contribution in [2.45, 2.75) is 25.7 Å². The fraction of sp³-hybridized carbons (Fsp3) is 0.429. The van der Waals surface area contributed by atoms with Crippen LogP contribution in [0.15, 0.2) is 46.0 Å². The summed E-state index contributed by atoms with van der Waals surface area (Å²) in [5, 5.41) is 0. The first-order chi connectivity index (χ1) is 7.36. The summed E-state index contributed by atoms with van der Waals surface area (Å²) in [6, 6.07) is 0. The molecule has 0 aromatic carbocycles. The Labute approximate surface area is 99.6 Å². The highest BCUT2D eigenvalue weighted by Crippen LogP contribution is 2.45. The molecule has 0 aromatic rings. The van der Waals surface area contributed by atoms with Crippen molar-refractivity contribution in [1.29, 1.82) is 0 Å². The number of rotatable bonds is 0. The Hall–Kier alpha value is -0.560. The van der Waals surface area contributed by atoms with Gasteiger partial charge in [-0.05, 0) is 47.4 Å². The van der Waals surface area contributed by atoms with Gasteiger partial charge in [0.05, 0.1) is 0 Å². The topological polar surface area (TPSA) is 0 Å². The fourth-order valence-electron chi connectivity index (χ4n) is 2.92. The normalized spacial score (nSPS) is 33.5. The second kappa shape index (κ2) is 3.79. The number of hydrogen-bond donors (Lipinski definition) is 0. The van der Waals surface area contributed by atoms with Crippen molar-refractivity contribution >= 4 is 15.9 Å². The Bertz CT molecular complexity index is 396. The molecule has 0 saturated heterocycles. The standard InChI is InChI=1S/C14H15Br/c15-14-9-10-5-1-2-6-11(10)12-7-3-4-8-13(12)14/h2-3,6-7,9,12-13H,1,4-5,8H2. The molecule has 78 valence electrons. The molecule has 0 bridgehead atoms. The monoisotopic (exact) mass is 262 g/mol. The van der Waals surface area contributed by atoms with E-state index in [0.717, 1.165) is 0 Å². The average Bonchev–Trinajstić information content (AvgIpc) is 2.30. The van der Waals surface area contributed by atoms with Crippen molar-refractivity contribution in [2.24, 2.45) is 11.8 Å². The SMILES string of the molecule is BrC1=CC2=C(C=CCC2)C2C=CCCC12. The van der Waals surface area contributed by atoms with Crippen LogP contribution >= 0.6 is 15.9 Å². The molecule has 1 heteroatoms. The zero-order chi connectivity index (χ0) is 10.3. The molecule has 0 amide bonds. The van der Waals surface area contributed by atoms with E-state index in [2.05, 4.69) is 46.3 Å². The van der Waals surface area contributed by atoms with Gasteiger partial charge in [-0.25, -0.2) is 0 Å². The number of allylic oxidation sites excluding steroid dienone is 8. The maximum absolute atomic E-state index is 3.76. The molecule has 0 saturated carbocycles. The first kappa shape index (κ1) is 9.65. The number of fused-ring (bicyclic) bond motifs is 2. The second-order valence-corrected chi connectivity index (χ2v) is 5.50. The molecule has 15 heavy (non-hydrogen) atoms. The summed E-state index contributed by atoms with van der Waals surface area (Å²) in [6.07, 6.45) is 16.8. The minimum atomic E-state index is 0.643. The summed E-state index contributed by atoms with van der Waals surface area (Å²) >= 11 is 3.76. The molecule has 0 radical (unpaired) electrons. The smallest absolute Gasteiger partial charge is 0.00945 e. The first-order valence-corrected chi connectivity index (χ1v) is 6.59. The van der Waals surface area contributed by atoms with Crippen molar-refractivity contribution in [3.63, 3.8) is 0 Å². The van der Waals surface area contributed by atoms with Crippen LogP contribution in [0.4, 0.5) is 0 Å². The summed E-state index contributed by atoms with van der Waals surface area (Å²) in [7, 11) is 0. The van der Waals surface area contributed by atoms with Crippen LogP contribution in [0.2, 0.25) is 0 Å². The van der Waals surface area contributed by atoms with Crippen molar-refractivity contribution < 1.29 is 0 Å². The van der Waals surface area contributed by atoms with Gasteiger partial charge in [-0.1, -0.05) is 40.2 Å². The van der Waals surface area contributed by atoms with E-state index in [1.807, 2.05) is 0 Å². The third kappa shape index (κ3) is 1.57. The van der Waals surface area contributed by atoms with E-state index in [0.29, 0.717) is 11.8 Å². The highest BCUT2D eigenvalue weighted by molar-refractivity contribution is 9.11. The molecular weight excluding hydrogens is 248 g/mol. The average molecular weight is 263 g/mol. The van der Waals surface area contributed by atoms with Crippen LogP contribution in [-0.2, 0) is 0 Å². The van der Waals surface area contributed by atoms with E-state index in [4.69, 9.17) is 0 Å². The van der Waals surface area contributed by atoms with Crippen LogP contribution in [-0.4, -0.2) is 0 Å². The Morgan fingerprint density at radius 1 is 1.20 bits per heavy atom. The van der Waals surface area contributed by atoms with E-state index >= 15 is 0 Å². The van der Waals surface area contributed by atoms with E-state index in [1.165, 1.54) is 30.2 Å². The van der Waals surface area contributed by atoms with Crippen LogP contribution < -0.4 is 0 Å². The van der Waals surface area contributed by atoms with Crippen LogP contribution in [0.5, 0.6) is 0 Å². The van der Waals surface area contributed by atoms with Gasteiger partial charge in [-0.15, -0.1) is 0 Å². The summed E-state index contributed by atoms with van der Waals surface area (Å²) < 4.78 is 1.42. The molecule has 0 nitrogen and oxygen atoms in total. The van der Waals surface area contributed by atoms with Crippen molar-refractivity contribution in [3.8, 4) is 0 Å². The van der Waals surface area contributed by atoms with E-state index in [-0.39, 0.29) is 0 Å². The molecule has 2 unspecified atom stereocenters. The molecule has 2 atom stereocenters. The van der Waals surface area contributed by atoms with Gasteiger partial charge < -0.3 is 0 Å². The quantitative estimate of drug-likeness (QED) is 0.564. The third-order valence-electron chi connectivity index (χ3n) is 3.70. The maximum atomic E-state index is 3.76.